The molecule has 4 nitrogen and oxygen atoms in total. The summed E-state index contributed by atoms with van der Waals surface area (Å²) in [6, 6.07) is 9.42. The van der Waals surface area contributed by atoms with E-state index in [-0.39, 0.29) is 6.04 Å². The van der Waals surface area contributed by atoms with Crippen LogP contribution in [0.4, 0.5) is 0 Å². The van der Waals surface area contributed by atoms with E-state index in [2.05, 4.69) is 4.98 Å². The first kappa shape index (κ1) is 12.7. The predicted octanol–water partition coefficient (Wildman–Crippen LogP) is 2.39. The van der Waals surface area contributed by atoms with Gasteiger partial charge in [0, 0.05) is 32.9 Å². The number of fused-ring (bicyclic) bond motifs is 1. The summed E-state index contributed by atoms with van der Waals surface area (Å²) >= 11 is 0. The molecule has 1 N–H and O–H groups in total. The molecule has 0 bridgehead atoms. The minimum absolute atomic E-state index is 0.0505. The number of phenolic OH excluding ortho intramolecular Hbond substituents is 1. The zero-order valence-electron chi connectivity index (χ0n) is 11.6. The number of rotatable bonds is 1. The van der Waals surface area contributed by atoms with Crippen LogP contribution >= 0.6 is 0 Å². The molecule has 0 amide bonds. The molecule has 3 rings (SSSR count). The van der Waals surface area contributed by atoms with Crippen molar-refractivity contribution in [1.29, 1.82) is 0 Å². The van der Waals surface area contributed by atoms with Crippen LogP contribution in [-0.2, 0) is 6.42 Å². The first-order valence-electron chi connectivity index (χ1n) is 6.61. The van der Waals surface area contributed by atoms with Crippen LogP contribution in [0, 0.1) is 0 Å². The zero-order valence-corrected chi connectivity index (χ0v) is 11.6. The summed E-state index contributed by atoms with van der Waals surface area (Å²) in [5, 5.41) is 9.70. The van der Waals surface area contributed by atoms with E-state index in [9.17, 15) is 5.11 Å². The maximum atomic E-state index is 9.70. The van der Waals surface area contributed by atoms with Gasteiger partial charge in [-0.1, -0.05) is 12.1 Å². The van der Waals surface area contributed by atoms with Gasteiger partial charge in [0.25, 0.3) is 0 Å². The van der Waals surface area contributed by atoms with Gasteiger partial charge in [0.05, 0.1) is 0 Å². The Morgan fingerprint density at radius 1 is 1.25 bits per heavy atom. The van der Waals surface area contributed by atoms with E-state index in [4.69, 9.17) is 4.99 Å². The quantitative estimate of drug-likeness (QED) is 0.863. The van der Waals surface area contributed by atoms with E-state index in [1.807, 2.05) is 49.5 Å². The van der Waals surface area contributed by atoms with E-state index in [1.54, 1.807) is 12.3 Å². The number of pyridine rings is 1. The number of aliphatic imine (C=N–C) groups is 1. The summed E-state index contributed by atoms with van der Waals surface area (Å²) in [5.41, 5.74) is 3.33. The van der Waals surface area contributed by atoms with E-state index >= 15 is 0 Å². The number of phenols is 1. The molecular weight excluding hydrogens is 250 g/mol. The van der Waals surface area contributed by atoms with Crippen LogP contribution in [0.1, 0.15) is 22.7 Å². The van der Waals surface area contributed by atoms with Gasteiger partial charge in [0.15, 0.2) is 0 Å². The lowest BCUT2D eigenvalue weighted by atomic mass is 9.91. The largest absolute Gasteiger partial charge is 0.508 e. The van der Waals surface area contributed by atoms with Gasteiger partial charge in [-0.15, -0.1) is 0 Å². The third kappa shape index (κ3) is 2.25. The molecule has 1 unspecified atom stereocenters. The summed E-state index contributed by atoms with van der Waals surface area (Å²) in [5.74, 6) is 1.31. The molecule has 4 heteroatoms. The maximum Gasteiger partial charge on any atom is 0.115 e. The van der Waals surface area contributed by atoms with Gasteiger partial charge in [-0.25, -0.2) is 0 Å². The summed E-state index contributed by atoms with van der Waals surface area (Å²) < 4.78 is 0. The molecule has 0 saturated heterocycles. The van der Waals surface area contributed by atoms with Gasteiger partial charge in [-0.3, -0.25) is 9.98 Å². The molecule has 1 aliphatic heterocycles. The normalized spacial score (nSPS) is 17.3. The molecule has 1 aliphatic rings. The van der Waals surface area contributed by atoms with Crippen molar-refractivity contribution in [3.63, 3.8) is 0 Å². The van der Waals surface area contributed by atoms with E-state index in [0.29, 0.717) is 5.75 Å². The van der Waals surface area contributed by atoms with E-state index in [1.165, 1.54) is 0 Å². The molecule has 0 radical (unpaired) electrons. The molecule has 0 spiro atoms. The van der Waals surface area contributed by atoms with Crippen molar-refractivity contribution >= 4 is 5.84 Å². The van der Waals surface area contributed by atoms with Crippen LogP contribution in [0.2, 0.25) is 0 Å². The lowest BCUT2D eigenvalue weighted by Crippen LogP contribution is -2.28. The Labute approximate surface area is 118 Å². The van der Waals surface area contributed by atoms with Gasteiger partial charge >= 0.3 is 0 Å². The molecule has 20 heavy (non-hydrogen) atoms. The van der Waals surface area contributed by atoms with Crippen LogP contribution < -0.4 is 0 Å². The topological polar surface area (TPSA) is 48.7 Å². The monoisotopic (exact) mass is 267 g/mol. The first-order chi connectivity index (χ1) is 9.65. The van der Waals surface area contributed by atoms with Crippen molar-refractivity contribution in [2.45, 2.75) is 12.5 Å². The van der Waals surface area contributed by atoms with Gasteiger partial charge < -0.3 is 10.0 Å². The van der Waals surface area contributed by atoms with Gasteiger partial charge in [0.2, 0.25) is 0 Å². The predicted molar refractivity (Wildman–Crippen MR) is 79.0 cm³/mol. The number of aromatic nitrogens is 1. The Morgan fingerprint density at radius 2 is 2.10 bits per heavy atom. The molecule has 0 fully saturated rings. The molecule has 2 aromatic rings. The summed E-state index contributed by atoms with van der Waals surface area (Å²) in [6.07, 6.45) is 4.36. The fourth-order valence-electron chi connectivity index (χ4n) is 2.51. The zero-order chi connectivity index (χ0) is 14.1. The smallest absolute Gasteiger partial charge is 0.115 e. The highest BCUT2D eigenvalue weighted by Gasteiger charge is 2.24. The van der Waals surface area contributed by atoms with Gasteiger partial charge in [-0.2, -0.15) is 0 Å². The lowest BCUT2D eigenvalue weighted by molar-refractivity contribution is 0.474. The highest BCUT2D eigenvalue weighted by atomic mass is 16.3. The van der Waals surface area contributed by atoms with E-state index in [0.717, 1.165) is 28.9 Å². The Hall–Kier alpha value is -2.36. The Morgan fingerprint density at radius 3 is 2.80 bits per heavy atom. The highest BCUT2D eigenvalue weighted by Crippen LogP contribution is 2.34. The number of hydrogen-bond donors (Lipinski definition) is 1. The van der Waals surface area contributed by atoms with Gasteiger partial charge in [0.1, 0.15) is 17.6 Å². The molecule has 1 aromatic carbocycles. The van der Waals surface area contributed by atoms with E-state index < -0.39 is 0 Å². The number of likely N-dealkylation sites (N-methyl/N-ethyl adjacent to an activating group) is 1. The molecule has 1 atom stereocenters. The lowest BCUT2D eigenvalue weighted by Gasteiger charge is -2.27. The highest BCUT2D eigenvalue weighted by molar-refractivity contribution is 5.86. The standard InChI is InChI=1S/C16H17N3O/c1-19(2)15-9-12-8-13(20)5-6-14(12)16(18-15)11-4-3-7-17-10-11/h3-8,10,16,20H,9H2,1-2H3. The van der Waals surface area contributed by atoms with Crippen LogP contribution in [0.5, 0.6) is 5.75 Å². The number of aromatic hydroxyl groups is 1. The summed E-state index contributed by atoms with van der Waals surface area (Å²) in [6.45, 7) is 0. The fraction of sp³-hybridized carbons (Fsp3) is 0.250. The van der Waals surface area contributed by atoms with Crippen molar-refractivity contribution in [1.82, 2.24) is 9.88 Å². The Kier molecular flexibility index (Phi) is 3.14. The second kappa shape index (κ2) is 4.96. The van der Waals surface area contributed by atoms with Gasteiger partial charge in [-0.05, 0) is 34.9 Å². The van der Waals surface area contributed by atoms with Crippen molar-refractivity contribution in [3.8, 4) is 5.75 Å². The molecule has 1 aromatic heterocycles. The second-order valence-electron chi connectivity index (χ2n) is 5.19. The Bertz CT molecular complexity index is 650. The molecule has 102 valence electrons. The SMILES string of the molecule is CN(C)C1=NC(c2cccnc2)c2ccc(O)cc2C1. The third-order valence-corrected chi connectivity index (χ3v) is 3.56. The number of hydrogen-bond acceptors (Lipinski definition) is 4. The Balaban J connectivity index is 2.12. The average molecular weight is 267 g/mol. The fourth-order valence-corrected chi connectivity index (χ4v) is 2.51. The van der Waals surface area contributed by atoms with Crippen LogP contribution in [0.3, 0.4) is 0 Å². The van der Waals surface area contributed by atoms with Crippen LogP contribution in [-0.4, -0.2) is 34.9 Å². The van der Waals surface area contributed by atoms with Crippen LogP contribution in [0.15, 0.2) is 47.7 Å². The van der Waals surface area contributed by atoms with Crippen molar-refractivity contribution in [2.75, 3.05) is 14.1 Å². The van der Waals surface area contributed by atoms with Crippen molar-refractivity contribution < 1.29 is 5.11 Å². The first-order valence-corrected chi connectivity index (χ1v) is 6.61. The summed E-state index contributed by atoms with van der Waals surface area (Å²) in [7, 11) is 3.99. The second-order valence-corrected chi connectivity index (χ2v) is 5.19. The minimum atomic E-state index is -0.0505. The molecule has 2 heterocycles. The average Bonchev–Trinajstić information content (AvgIpc) is 2.46. The number of amidine groups is 1. The van der Waals surface area contributed by atoms with Crippen molar-refractivity contribution in [3.05, 3.63) is 59.4 Å². The molecule has 0 aliphatic carbocycles. The molecule has 0 saturated carbocycles. The summed E-state index contributed by atoms with van der Waals surface area (Å²) in [4.78, 5) is 11.1. The minimum Gasteiger partial charge on any atom is -0.508 e. The van der Waals surface area contributed by atoms with Crippen LogP contribution in [0.25, 0.3) is 0 Å². The van der Waals surface area contributed by atoms with Crippen molar-refractivity contribution in [2.24, 2.45) is 4.99 Å². The third-order valence-electron chi connectivity index (χ3n) is 3.56. The number of benzene rings is 1. The maximum absolute atomic E-state index is 9.70. The molecular formula is C16H17N3O. The number of nitrogens with zero attached hydrogens (tertiary/aromatic N) is 3.